The highest BCUT2D eigenvalue weighted by Gasteiger charge is 2.45. The summed E-state index contributed by atoms with van der Waals surface area (Å²) in [5.41, 5.74) is -1.23. The number of likely N-dealkylation sites (N-methyl/N-ethyl adjacent to an activating group) is 1. The summed E-state index contributed by atoms with van der Waals surface area (Å²) in [6, 6.07) is -1.87. The molecule has 0 aromatic heterocycles. The fraction of sp³-hybridized carbons (Fsp3) is 0.500. The normalized spacial score (nSPS) is 19.5. The number of rotatable bonds is 3. The second-order valence-corrected chi connectivity index (χ2v) is 5.19. The first-order valence-electron chi connectivity index (χ1n) is 6.83. The van der Waals surface area contributed by atoms with Crippen LogP contribution in [-0.2, 0) is 4.74 Å². The molecule has 1 fully saturated rings. The lowest BCUT2D eigenvalue weighted by Gasteiger charge is -2.28. The van der Waals surface area contributed by atoms with Crippen molar-refractivity contribution < 1.29 is 31.5 Å². The van der Waals surface area contributed by atoms with E-state index in [1.54, 1.807) is 5.32 Å². The van der Waals surface area contributed by atoms with E-state index in [4.69, 9.17) is 4.74 Å². The fourth-order valence-corrected chi connectivity index (χ4v) is 2.32. The molecule has 2 rings (SSSR count). The first-order valence-corrected chi connectivity index (χ1v) is 6.83. The number of halogens is 5. The van der Waals surface area contributed by atoms with Gasteiger partial charge in [0.15, 0.2) is 6.04 Å². The molecule has 9 heteroatoms. The molecule has 0 unspecified atom stereocenters. The largest absolute Gasteiger partial charge is 0.413 e. The maximum atomic E-state index is 13.7. The number of benzene rings is 1. The first kappa shape index (κ1) is 17.5. The minimum absolute atomic E-state index is 0.203. The molecule has 1 aliphatic heterocycles. The van der Waals surface area contributed by atoms with Gasteiger partial charge in [-0.2, -0.15) is 13.2 Å². The van der Waals surface area contributed by atoms with Crippen LogP contribution in [-0.4, -0.2) is 43.4 Å². The summed E-state index contributed by atoms with van der Waals surface area (Å²) in [7, 11) is 1.31. The molecule has 4 nitrogen and oxygen atoms in total. The molecule has 23 heavy (non-hydrogen) atoms. The van der Waals surface area contributed by atoms with E-state index in [1.807, 2.05) is 0 Å². The van der Waals surface area contributed by atoms with Crippen LogP contribution in [0.2, 0.25) is 0 Å². The first-order chi connectivity index (χ1) is 10.7. The van der Waals surface area contributed by atoms with Gasteiger partial charge in [0.25, 0.3) is 0 Å². The van der Waals surface area contributed by atoms with Gasteiger partial charge in [0.2, 0.25) is 0 Å². The standard InChI is InChI=1S/C14H15F5N2O2/c1-21(8-5-6-23-7-8)13(22)20-12(14(17,18)19)11-9(15)3-2-4-10(11)16/h2-4,8,12H,5-7H2,1H3,(H,20,22)/t8-,12+/m0/s1. The summed E-state index contributed by atoms with van der Waals surface area (Å²) < 4.78 is 71.9. The monoisotopic (exact) mass is 338 g/mol. The fourth-order valence-electron chi connectivity index (χ4n) is 2.32. The van der Waals surface area contributed by atoms with Crippen molar-refractivity contribution in [1.82, 2.24) is 10.2 Å². The molecule has 0 aliphatic carbocycles. The van der Waals surface area contributed by atoms with E-state index in [-0.39, 0.29) is 12.6 Å². The van der Waals surface area contributed by atoms with Crippen LogP contribution >= 0.6 is 0 Å². The lowest BCUT2D eigenvalue weighted by Crippen LogP contribution is -2.48. The summed E-state index contributed by atoms with van der Waals surface area (Å²) in [6.45, 7) is 0.599. The third kappa shape index (κ3) is 3.90. The summed E-state index contributed by atoms with van der Waals surface area (Å²) in [4.78, 5) is 13.0. The van der Waals surface area contributed by atoms with Crippen LogP contribution < -0.4 is 5.32 Å². The van der Waals surface area contributed by atoms with E-state index in [0.29, 0.717) is 25.2 Å². The Morgan fingerprint density at radius 3 is 2.43 bits per heavy atom. The zero-order valence-corrected chi connectivity index (χ0v) is 12.2. The number of alkyl halides is 3. The lowest BCUT2D eigenvalue weighted by molar-refractivity contribution is -0.156. The quantitative estimate of drug-likeness (QED) is 0.861. The summed E-state index contributed by atoms with van der Waals surface area (Å²) >= 11 is 0. The average molecular weight is 338 g/mol. The average Bonchev–Trinajstić information content (AvgIpc) is 2.98. The Balaban J connectivity index is 2.24. The van der Waals surface area contributed by atoms with Crippen LogP contribution in [0, 0.1) is 11.6 Å². The van der Waals surface area contributed by atoms with Crippen LogP contribution in [0.1, 0.15) is 18.0 Å². The minimum Gasteiger partial charge on any atom is -0.379 e. The van der Waals surface area contributed by atoms with E-state index < -0.39 is 35.4 Å². The molecule has 0 bridgehead atoms. The van der Waals surface area contributed by atoms with E-state index in [0.717, 1.165) is 11.0 Å². The number of hydrogen-bond acceptors (Lipinski definition) is 2. The Morgan fingerprint density at radius 1 is 1.35 bits per heavy atom. The Bertz CT molecular complexity index is 553. The van der Waals surface area contributed by atoms with Crippen LogP contribution in [0.5, 0.6) is 0 Å². The van der Waals surface area contributed by atoms with Crippen molar-refractivity contribution in [2.45, 2.75) is 24.7 Å². The molecule has 0 radical (unpaired) electrons. The predicted molar refractivity (Wildman–Crippen MR) is 70.7 cm³/mol. The number of hydrogen-bond donors (Lipinski definition) is 1. The van der Waals surface area contributed by atoms with E-state index in [2.05, 4.69) is 0 Å². The van der Waals surface area contributed by atoms with Gasteiger partial charge in [-0.05, 0) is 18.6 Å². The van der Waals surface area contributed by atoms with Crippen molar-refractivity contribution in [3.8, 4) is 0 Å². The Morgan fingerprint density at radius 2 is 1.96 bits per heavy atom. The molecule has 1 aliphatic rings. The predicted octanol–water partition coefficient (Wildman–Crippen LogP) is 3.00. The van der Waals surface area contributed by atoms with Crippen molar-refractivity contribution in [3.63, 3.8) is 0 Å². The highest BCUT2D eigenvalue weighted by atomic mass is 19.4. The molecule has 1 aromatic rings. The van der Waals surface area contributed by atoms with Crippen LogP contribution in [0.4, 0.5) is 26.7 Å². The highest BCUT2D eigenvalue weighted by Crippen LogP contribution is 2.35. The highest BCUT2D eigenvalue weighted by molar-refractivity contribution is 5.75. The van der Waals surface area contributed by atoms with Crippen LogP contribution in [0.15, 0.2) is 18.2 Å². The maximum Gasteiger partial charge on any atom is 0.413 e. The smallest absolute Gasteiger partial charge is 0.379 e. The molecule has 0 saturated carbocycles. The van der Waals surface area contributed by atoms with Gasteiger partial charge >= 0.3 is 12.2 Å². The number of ether oxygens (including phenoxy) is 1. The van der Waals surface area contributed by atoms with Gasteiger partial charge in [-0.1, -0.05) is 6.07 Å². The van der Waals surface area contributed by atoms with Crippen LogP contribution in [0.25, 0.3) is 0 Å². The second-order valence-electron chi connectivity index (χ2n) is 5.19. The summed E-state index contributed by atoms with van der Waals surface area (Å²) in [6.07, 6.45) is -4.57. The molecule has 1 aromatic carbocycles. The van der Waals surface area contributed by atoms with Crippen molar-refractivity contribution in [2.75, 3.05) is 20.3 Å². The number of urea groups is 1. The lowest BCUT2D eigenvalue weighted by atomic mass is 10.0. The number of nitrogens with one attached hydrogen (secondary N) is 1. The van der Waals surface area contributed by atoms with E-state index in [9.17, 15) is 26.7 Å². The number of nitrogens with zero attached hydrogens (tertiary/aromatic N) is 1. The molecule has 128 valence electrons. The van der Waals surface area contributed by atoms with Gasteiger partial charge in [0, 0.05) is 13.7 Å². The zero-order valence-electron chi connectivity index (χ0n) is 12.2. The van der Waals surface area contributed by atoms with Crippen molar-refractivity contribution in [2.24, 2.45) is 0 Å². The van der Waals surface area contributed by atoms with Crippen LogP contribution in [0.3, 0.4) is 0 Å². The van der Waals surface area contributed by atoms with E-state index >= 15 is 0 Å². The van der Waals surface area contributed by atoms with Gasteiger partial charge in [-0.3, -0.25) is 0 Å². The third-order valence-electron chi connectivity index (χ3n) is 3.66. The Kier molecular flexibility index (Phi) is 5.08. The maximum absolute atomic E-state index is 13.7. The second kappa shape index (κ2) is 6.69. The SMILES string of the molecule is CN(C(=O)N[C@H](c1c(F)cccc1F)C(F)(F)F)[C@H]1CCOC1. The van der Waals surface area contributed by atoms with Gasteiger partial charge in [-0.15, -0.1) is 0 Å². The van der Waals surface area contributed by atoms with Gasteiger partial charge < -0.3 is 15.0 Å². The van der Waals surface area contributed by atoms with Crippen molar-refractivity contribution in [1.29, 1.82) is 0 Å². The van der Waals surface area contributed by atoms with Gasteiger partial charge in [-0.25, -0.2) is 13.6 Å². The molecule has 2 atom stereocenters. The molecule has 1 heterocycles. The van der Waals surface area contributed by atoms with Crippen molar-refractivity contribution >= 4 is 6.03 Å². The summed E-state index contributed by atoms with van der Waals surface area (Å²) in [5, 5.41) is 1.66. The molecule has 2 amide bonds. The topological polar surface area (TPSA) is 41.6 Å². The molecule has 0 spiro atoms. The van der Waals surface area contributed by atoms with E-state index in [1.165, 1.54) is 7.05 Å². The number of carbonyl (C=O) groups excluding carboxylic acids is 1. The number of amides is 2. The molecule has 1 N–H and O–H groups in total. The van der Waals surface area contributed by atoms with Gasteiger partial charge in [0.1, 0.15) is 11.6 Å². The Labute approximate surface area is 129 Å². The minimum atomic E-state index is -5.05. The molecular formula is C14H15F5N2O2. The number of carbonyl (C=O) groups is 1. The zero-order chi connectivity index (χ0) is 17.2. The molecular weight excluding hydrogens is 323 g/mol. The van der Waals surface area contributed by atoms with Crippen molar-refractivity contribution in [3.05, 3.63) is 35.4 Å². The molecule has 1 saturated heterocycles. The summed E-state index contributed by atoms with van der Waals surface area (Å²) in [5.74, 6) is -2.75. The van der Waals surface area contributed by atoms with Gasteiger partial charge in [0.05, 0.1) is 18.2 Å². The Hall–Kier alpha value is -1.90. The third-order valence-corrected chi connectivity index (χ3v) is 3.66.